The molecule has 0 spiro atoms. The van der Waals surface area contributed by atoms with Gasteiger partial charge in [-0.15, -0.1) is 0 Å². The van der Waals surface area contributed by atoms with Crippen molar-refractivity contribution in [3.05, 3.63) is 35.2 Å². The number of halogens is 1. The van der Waals surface area contributed by atoms with Gasteiger partial charge in [0.05, 0.1) is 0 Å². The molecule has 0 unspecified atom stereocenters. The molecule has 72 valence electrons. The van der Waals surface area contributed by atoms with Gasteiger partial charge in [-0.3, -0.25) is 0 Å². The number of rotatable bonds is 1. The Morgan fingerprint density at radius 1 is 1.46 bits per heavy atom. The van der Waals surface area contributed by atoms with Crippen LogP contribution in [0.15, 0.2) is 35.2 Å². The van der Waals surface area contributed by atoms with E-state index in [0.717, 1.165) is 5.57 Å². The fraction of sp³-hybridized carbons (Fsp3) is 0.455. The molecule has 0 aliphatic heterocycles. The summed E-state index contributed by atoms with van der Waals surface area (Å²) in [7, 11) is 0. The van der Waals surface area contributed by atoms with E-state index >= 15 is 0 Å². The first kappa shape index (κ1) is 10.2. The summed E-state index contributed by atoms with van der Waals surface area (Å²) in [6.07, 6.45) is 5.35. The first-order valence-electron chi connectivity index (χ1n) is 4.44. The van der Waals surface area contributed by atoms with Crippen LogP contribution >= 0.6 is 0 Å². The van der Waals surface area contributed by atoms with Crippen LogP contribution in [-0.2, 0) is 0 Å². The Bertz CT molecular complexity index is 295. The number of hydrogen-bond donors (Lipinski definition) is 1. The van der Waals surface area contributed by atoms with Crippen LogP contribution in [0, 0.1) is 5.41 Å². The van der Waals surface area contributed by atoms with Crippen LogP contribution in [0.3, 0.4) is 0 Å². The fourth-order valence-electron chi connectivity index (χ4n) is 1.15. The van der Waals surface area contributed by atoms with Crippen molar-refractivity contribution in [3.8, 4) is 0 Å². The molecule has 0 aromatic carbocycles. The Balaban J connectivity index is 3.15. The minimum Gasteiger partial charge on any atom is -0.326 e. The molecule has 1 aliphatic rings. The lowest BCUT2D eigenvalue weighted by Crippen LogP contribution is -2.08. The van der Waals surface area contributed by atoms with Gasteiger partial charge in [-0.05, 0) is 13.0 Å². The highest BCUT2D eigenvalue weighted by atomic mass is 19.1. The number of nitrogens with two attached hydrogens (primary N) is 1. The minimum absolute atomic E-state index is 0.0751. The Kier molecular flexibility index (Phi) is 2.71. The molecule has 0 saturated carbocycles. The van der Waals surface area contributed by atoms with E-state index in [9.17, 15) is 4.39 Å². The van der Waals surface area contributed by atoms with E-state index in [4.69, 9.17) is 5.73 Å². The summed E-state index contributed by atoms with van der Waals surface area (Å²) >= 11 is 0. The van der Waals surface area contributed by atoms with Gasteiger partial charge in [0.2, 0.25) is 0 Å². The van der Waals surface area contributed by atoms with Gasteiger partial charge in [0.15, 0.2) is 0 Å². The highest BCUT2D eigenvalue weighted by Gasteiger charge is 2.19. The van der Waals surface area contributed by atoms with E-state index in [0.29, 0.717) is 5.57 Å². The average Bonchev–Trinajstić information content (AvgIpc) is 2.12. The smallest absolute Gasteiger partial charge is 0.127 e. The topological polar surface area (TPSA) is 26.0 Å². The monoisotopic (exact) mass is 181 g/mol. The second-order valence-corrected chi connectivity index (χ2v) is 3.96. The summed E-state index contributed by atoms with van der Waals surface area (Å²) in [5.74, 6) is -0.207. The molecule has 0 atom stereocenters. The van der Waals surface area contributed by atoms with E-state index in [1.54, 1.807) is 12.2 Å². The molecular weight excluding hydrogens is 165 g/mol. The molecule has 1 rings (SSSR count). The van der Waals surface area contributed by atoms with Crippen molar-refractivity contribution in [2.45, 2.75) is 20.8 Å². The van der Waals surface area contributed by atoms with Gasteiger partial charge in [-0.2, -0.15) is 0 Å². The maximum absolute atomic E-state index is 13.4. The van der Waals surface area contributed by atoms with Crippen molar-refractivity contribution in [3.63, 3.8) is 0 Å². The van der Waals surface area contributed by atoms with Crippen LogP contribution < -0.4 is 5.73 Å². The maximum atomic E-state index is 13.4. The van der Waals surface area contributed by atoms with E-state index in [1.165, 1.54) is 0 Å². The molecular formula is C11H16FN. The normalized spacial score (nSPS) is 21.5. The minimum atomic E-state index is -0.207. The van der Waals surface area contributed by atoms with E-state index in [-0.39, 0.29) is 17.8 Å². The first-order valence-corrected chi connectivity index (χ1v) is 4.44. The summed E-state index contributed by atoms with van der Waals surface area (Å²) in [6.45, 7) is 6.30. The highest BCUT2D eigenvalue weighted by molar-refractivity contribution is 5.38. The van der Waals surface area contributed by atoms with Crippen molar-refractivity contribution < 1.29 is 4.39 Å². The van der Waals surface area contributed by atoms with Crippen molar-refractivity contribution in [1.82, 2.24) is 0 Å². The molecule has 2 heteroatoms. The molecule has 0 radical (unpaired) electrons. The van der Waals surface area contributed by atoms with E-state index in [1.807, 2.05) is 13.0 Å². The van der Waals surface area contributed by atoms with Gasteiger partial charge in [0, 0.05) is 17.5 Å². The second-order valence-electron chi connectivity index (χ2n) is 3.96. The Labute approximate surface area is 78.8 Å². The third-order valence-corrected chi connectivity index (χ3v) is 2.59. The van der Waals surface area contributed by atoms with Crippen LogP contribution in [0.5, 0.6) is 0 Å². The Morgan fingerprint density at radius 3 is 2.62 bits per heavy atom. The molecule has 0 aromatic rings. The van der Waals surface area contributed by atoms with Crippen molar-refractivity contribution in [2.24, 2.45) is 11.1 Å². The van der Waals surface area contributed by atoms with Gasteiger partial charge < -0.3 is 5.73 Å². The lowest BCUT2D eigenvalue weighted by atomic mass is 9.85. The third-order valence-electron chi connectivity index (χ3n) is 2.59. The molecule has 0 aromatic heterocycles. The molecule has 0 saturated heterocycles. The molecule has 1 aliphatic carbocycles. The van der Waals surface area contributed by atoms with Gasteiger partial charge in [-0.1, -0.05) is 31.6 Å². The van der Waals surface area contributed by atoms with Crippen LogP contribution in [0.1, 0.15) is 20.8 Å². The Morgan fingerprint density at radius 2 is 2.08 bits per heavy atom. The lowest BCUT2D eigenvalue weighted by Gasteiger charge is -2.20. The molecule has 0 bridgehead atoms. The summed E-state index contributed by atoms with van der Waals surface area (Å²) < 4.78 is 13.4. The summed E-state index contributed by atoms with van der Waals surface area (Å²) in [5, 5.41) is 0. The molecule has 1 nitrogen and oxygen atoms in total. The van der Waals surface area contributed by atoms with Crippen LogP contribution in [0.2, 0.25) is 0 Å². The van der Waals surface area contributed by atoms with Gasteiger partial charge in [0.25, 0.3) is 0 Å². The molecule has 0 amide bonds. The SMILES string of the molecule is CC1=CC(F)=C(CN)C=CC1(C)C. The van der Waals surface area contributed by atoms with Crippen molar-refractivity contribution in [2.75, 3.05) is 6.54 Å². The quantitative estimate of drug-likeness (QED) is 0.661. The zero-order valence-electron chi connectivity index (χ0n) is 8.39. The van der Waals surface area contributed by atoms with Crippen LogP contribution in [0.25, 0.3) is 0 Å². The first-order chi connectivity index (χ1) is 5.97. The standard InChI is InChI=1S/C11H16FN/c1-8-6-10(12)9(7-13)4-5-11(8,2)3/h4-6H,7,13H2,1-3H3. The largest absolute Gasteiger partial charge is 0.326 e. The number of hydrogen-bond acceptors (Lipinski definition) is 1. The van der Waals surface area contributed by atoms with Crippen molar-refractivity contribution >= 4 is 0 Å². The lowest BCUT2D eigenvalue weighted by molar-refractivity contribution is 0.575. The van der Waals surface area contributed by atoms with Gasteiger partial charge >= 0.3 is 0 Å². The number of allylic oxidation sites excluding steroid dienone is 4. The highest BCUT2D eigenvalue weighted by Crippen LogP contribution is 2.32. The maximum Gasteiger partial charge on any atom is 0.127 e. The molecule has 2 N–H and O–H groups in total. The third kappa shape index (κ3) is 2.07. The predicted octanol–water partition coefficient (Wildman–Crippen LogP) is 2.71. The van der Waals surface area contributed by atoms with Crippen LogP contribution in [0.4, 0.5) is 4.39 Å². The second kappa shape index (κ2) is 3.46. The summed E-state index contributed by atoms with van der Waals surface area (Å²) in [5.41, 5.74) is 6.94. The van der Waals surface area contributed by atoms with Crippen molar-refractivity contribution in [1.29, 1.82) is 0 Å². The Hall–Kier alpha value is -0.890. The zero-order chi connectivity index (χ0) is 10.1. The van der Waals surface area contributed by atoms with Gasteiger partial charge in [0.1, 0.15) is 5.83 Å². The molecule has 0 heterocycles. The average molecular weight is 181 g/mol. The fourth-order valence-corrected chi connectivity index (χ4v) is 1.15. The van der Waals surface area contributed by atoms with E-state index in [2.05, 4.69) is 13.8 Å². The zero-order valence-corrected chi connectivity index (χ0v) is 8.39. The van der Waals surface area contributed by atoms with E-state index < -0.39 is 0 Å². The van der Waals surface area contributed by atoms with Crippen LogP contribution in [-0.4, -0.2) is 6.54 Å². The molecule has 0 fully saturated rings. The predicted molar refractivity (Wildman–Crippen MR) is 53.9 cm³/mol. The summed E-state index contributed by atoms with van der Waals surface area (Å²) in [4.78, 5) is 0. The summed E-state index contributed by atoms with van der Waals surface area (Å²) in [6, 6.07) is 0. The van der Waals surface area contributed by atoms with Gasteiger partial charge in [-0.25, -0.2) is 4.39 Å². The molecule has 13 heavy (non-hydrogen) atoms.